The van der Waals surface area contributed by atoms with Gasteiger partial charge in [0.1, 0.15) is 21.4 Å². The van der Waals surface area contributed by atoms with Crippen LogP contribution in [0.5, 0.6) is 0 Å². The van der Waals surface area contributed by atoms with Gasteiger partial charge < -0.3 is 20.1 Å². The monoisotopic (exact) mass is 1110 g/mol. The zero-order valence-corrected chi connectivity index (χ0v) is 39.0. The summed E-state index contributed by atoms with van der Waals surface area (Å²) in [5.74, 6) is 1.30. The molecule has 63 heavy (non-hydrogen) atoms. The third kappa shape index (κ3) is 20.8. The summed E-state index contributed by atoms with van der Waals surface area (Å²) in [4.78, 5) is 23.8. The first-order valence-corrected chi connectivity index (χ1v) is 23.7. The predicted octanol–water partition coefficient (Wildman–Crippen LogP) is 10.8. The van der Waals surface area contributed by atoms with E-state index in [0.717, 1.165) is 97.8 Å². The molecule has 0 unspecified atom stereocenters. The highest BCUT2D eigenvalue weighted by molar-refractivity contribution is 9.18. The Morgan fingerprint density at radius 1 is 0.683 bits per heavy atom. The van der Waals surface area contributed by atoms with Crippen molar-refractivity contribution in [3.63, 3.8) is 0 Å². The molecule has 0 spiro atoms. The standard InChI is InChI=1S/C15H17BrF3N3O.C8H13BrN2O.C7H5ClF3N.C7H6F3NO.Cl2OS/c16-14-7-13(23-21-14)10-3-5-22(6-4-10)9-12-2-1-11(8-20-12)15(17,18)19;9-8-5-7(12-11-8)6-1-3-10-4-2-6;8-3-6-2-1-5(4-12-6)7(9,10)11;8-7(9,10)5-1-2-6(4-12)11-3-5;1-4(2)3/h1-2,8,10,13H,3-7,9H2;6-7,10H,1-5H2;1-2,4H,3H2;1-3,12H,4H2;/t13-;7-;;;/m11.../s1. The van der Waals surface area contributed by atoms with Crippen LogP contribution in [-0.2, 0) is 56.5 Å². The molecule has 4 aliphatic heterocycles. The van der Waals surface area contributed by atoms with Crippen LogP contribution in [0.1, 0.15) is 72.3 Å². The average Bonchev–Trinajstić information content (AvgIpc) is 3.89. The Labute approximate surface area is 390 Å². The van der Waals surface area contributed by atoms with Gasteiger partial charge in [-0.05, 0) is 120 Å². The van der Waals surface area contributed by atoms with Crippen LogP contribution in [0.15, 0.2) is 65.3 Å². The fraction of sp³-hybridized carbons (Fsp3) is 0.541. The lowest BCUT2D eigenvalue weighted by atomic mass is 9.90. The van der Waals surface area contributed by atoms with Gasteiger partial charge in [0.15, 0.2) is 0 Å². The summed E-state index contributed by atoms with van der Waals surface area (Å²) in [5.41, 5.74) is -0.938. The van der Waals surface area contributed by atoms with Crippen LogP contribution in [0.3, 0.4) is 0 Å². The number of nitrogens with zero attached hydrogens (tertiary/aromatic N) is 6. The molecule has 26 heteroatoms. The number of alkyl halides is 10. The summed E-state index contributed by atoms with van der Waals surface area (Å²) in [6, 6.07) is 6.80. The van der Waals surface area contributed by atoms with E-state index in [0.29, 0.717) is 42.1 Å². The van der Waals surface area contributed by atoms with Crippen LogP contribution in [0.25, 0.3) is 0 Å². The van der Waals surface area contributed by atoms with Crippen LogP contribution in [0.4, 0.5) is 39.5 Å². The number of aliphatic hydroxyl groups is 1. The van der Waals surface area contributed by atoms with E-state index in [1.807, 2.05) is 0 Å². The van der Waals surface area contributed by atoms with Gasteiger partial charge in [0, 0.05) is 71.2 Å². The van der Waals surface area contributed by atoms with E-state index in [1.54, 1.807) is 0 Å². The van der Waals surface area contributed by atoms with Gasteiger partial charge in [0.2, 0.25) is 9.23 Å². The van der Waals surface area contributed by atoms with E-state index in [2.05, 4.69) is 88.7 Å². The number of hydrogen-bond acceptors (Lipinski definition) is 11. The summed E-state index contributed by atoms with van der Waals surface area (Å²) in [7, 11) is 7.36. The van der Waals surface area contributed by atoms with Crippen molar-refractivity contribution in [2.24, 2.45) is 22.1 Å². The normalized spacial score (nSPS) is 19.6. The molecule has 352 valence electrons. The highest BCUT2D eigenvalue weighted by Crippen LogP contribution is 2.32. The number of halogens is 14. The Morgan fingerprint density at radius 2 is 1.06 bits per heavy atom. The highest BCUT2D eigenvalue weighted by atomic mass is 79.9. The molecule has 0 radical (unpaired) electrons. The molecule has 7 rings (SSSR count). The molecule has 0 aliphatic carbocycles. The van der Waals surface area contributed by atoms with Crippen LogP contribution >= 0.6 is 64.8 Å². The van der Waals surface area contributed by atoms with Crippen molar-refractivity contribution in [3.8, 4) is 0 Å². The maximum Gasteiger partial charge on any atom is 0.417 e. The van der Waals surface area contributed by atoms with Crippen LogP contribution in [-0.4, -0.2) is 76.8 Å². The molecule has 11 nitrogen and oxygen atoms in total. The molecule has 4 aliphatic rings. The number of oxime groups is 2. The largest absolute Gasteiger partial charge is 0.417 e. The van der Waals surface area contributed by atoms with E-state index in [1.165, 1.54) is 25.0 Å². The van der Waals surface area contributed by atoms with Crippen molar-refractivity contribution >= 4 is 83.3 Å². The maximum atomic E-state index is 12.5. The number of hydrogen-bond donors (Lipinski definition) is 2. The Morgan fingerprint density at radius 3 is 1.38 bits per heavy atom. The van der Waals surface area contributed by atoms with E-state index in [9.17, 15) is 39.5 Å². The average molecular weight is 1120 g/mol. The van der Waals surface area contributed by atoms with Crippen LogP contribution < -0.4 is 5.32 Å². The molecule has 0 aromatic carbocycles. The molecule has 2 saturated heterocycles. The van der Waals surface area contributed by atoms with E-state index in [4.69, 9.17) is 30.6 Å². The fourth-order valence-electron chi connectivity index (χ4n) is 6.21. The SMILES string of the molecule is BrC1=NO[C@@H](C2CCNCC2)C1.FC(F)(F)c1ccc(CCl)nc1.FC(F)(F)c1ccc(CN2CCC([C@H]3CC(Br)=NO3)CC2)nc1.O=S(Cl)Cl.OCc1ccc(C(F)(F)F)cn1. The molecule has 3 aromatic heterocycles. The maximum absolute atomic E-state index is 12.5. The minimum absolute atomic E-state index is 0.123. The number of nitrogens with one attached hydrogen (secondary N) is 1. The Balaban J connectivity index is 0.000000228. The van der Waals surface area contributed by atoms with Crippen molar-refractivity contribution in [3.05, 3.63) is 88.8 Å². The molecule has 0 saturated carbocycles. The highest BCUT2D eigenvalue weighted by Gasteiger charge is 2.34. The fourth-order valence-corrected chi connectivity index (χ4v) is 7.17. The van der Waals surface area contributed by atoms with Crippen molar-refractivity contribution in [1.29, 1.82) is 0 Å². The minimum Gasteiger partial charge on any atom is -0.391 e. The second-order valence-corrected chi connectivity index (χ2v) is 18.5. The topological polar surface area (TPSA) is 134 Å². The van der Waals surface area contributed by atoms with Gasteiger partial charge in [-0.2, -0.15) is 39.5 Å². The molecule has 2 N–H and O–H groups in total. The number of likely N-dealkylation sites (tertiary alicyclic amines) is 1. The lowest BCUT2D eigenvalue weighted by Crippen LogP contribution is -2.37. The third-order valence-corrected chi connectivity index (χ3v) is 10.7. The van der Waals surface area contributed by atoms with Crippen molar-refractivity contribution < 1.29 is 58.5 Å². The first-order valence-electron chi connectivity index (χ1n) is 18.8. The summed E-state index contributed by atoms with van der Waals surface area (Å²) >= 11 is 12.1. The smallest absolute Gasteiger partial charge is 0.391 e. The number of rotatable bonds is 6. The first kappa shape index (κ1) is 55.0. The number of piperidine rings is 2. The van der Waals surface area contributed by atoms with Gasteiger partial charge in [0.05, 0.1) is 46.3 Å². The van der Waals surface area contributed by atoms with Crippen molar-refractivity contribution in [2.45, 2.75) is 88.3 Å². The molecular formula is C37H41Br2Cl3F9N7O4S. The van der Waals surface area contributed by atoms with E-state index < -0.39 is 44.4 Å². The molecular weight excluding hydrogens is 1080 g/mol. The van der Waals surface area contributed by atoms with Gasteiger partial charge >= 0.3 is 18.5 Å². The second-order valence-electron chi connectivity index (χ2n) is 13.9. The lowest BCUT2D eigenvalue weighted by molar-refractivity contribution is -0.138. The molecule has 3 aromatic rings. The Bertz CT molecular complexity index is 1830. The summed E-state index contributed by atoms with van der Waals surface area (Å²) in [6.07, 6.45) is -3.91. The molecule has 2 fully saturated rings. The lowest BCUT2D eigenvalue weighted by Gasteiger charge is -2.33. The summed E-state index contributed by atoms with van der Waals surface area (Å²) in [6.45, 7) is 4.27. The Kier molecular flexibility index (Phi) is 23.3. The third-order valence-electron chi connectivity index (χ3n) is 9.52. The van der Waals surface area contributed by atoms with Crippen molar-refractivity contribution in [2.75, 3.05) is 26.2 Å². The van der Waals surface area contributed by atoms with E-state index in [-0.39, 0.29) is 24.3 Å². The zero-order valence-electron chi connectivity index (χ0n) is 32.8. The molecule has 7 heterocycles. The number of pyridine rings is 3. The van der Waals surface area contributed by atoms with Gasteiger partial charge in [-0.3, -0.25) is 19.9 Å². The van der Waals surface area contributed by atoms with Gasteiger partial charge in [-0.1, -0.05) is 10.3 Å². The minimum atomic E-state index is -4.36. The summed E-state index contributed by atoms with van der Waals surface area (Å²) in [5, 5.41) is 19.7. The van der Waals surface area contributed by atoms with Crippen LogP contribution in [0, 0.1) is 11.8 Å². The van der Waals surface area contributed by atoms with Crippen LogP contribution in [0.2, 0.25) is 0 Å². The zero-order chi connectivity index (χ0) is 46.8. The van der Waals surface area contributed by atoms with E-state index >= 15 is 0 Å². The van der Waals surface area contributed by atoms with Gasteiger partial charge in [-0.15, -0.1) is 11.6 Å². The van der Waals surface area contributed by atoms with Crippen molar-refractivity contribution in [1.82, 2.24) is 25.2 Å². The quantitative estimate of drug-likeness (QED) is 0.141. The van der Waals surface area contributed by atoms with Gasteiger partial charge in [0.25, 0.3) is 0 Å². The number of aliphatic hydroxyl groups excluding tert-OH is 1. The Hall–Kier alpha value is -2.38. The predicted molar refractivity (Wildman–Crippen MR) is 228 cm³/mol. The van der Waals surface area contributed by atoms with Gasteiger partial charge in [-0.25, -0.2) is 4.21 Å². The second kappa shape index (κ2) is 26.7. The molecule has 0 amide bonds. The first-order chi connectivity index (χ1) is 29.6. The summed E-state index contributed by atoms with van der Waals surface area (Å²) < 4.78 is 120. The number of aromatic nitrogens is 3. The molecule has 0 bridgehead atoms. The molecule has 2 atom stereocenters.